The lowest BCUT2D eigenvalue weighted by Crippen LogP contribution is -2.21. The number of nitro benzene ring substituents is 1. The predicted molar refractivity (Wildman–Crippen MR) is 121 cm³/mol. The quantitative estimate of drug-likeness (QED) is 0.350. The maximum absolute atomic E-state index is 13.1. The molecule has 0 unspecified atom stereocenters. The highest BCUT2D eigenvalue weighted by molar-refractivity contribution is 6.32. The van der Waals surface area contributed by atoms with Gasteiger partial charge in [-0.3, -0.25) is 14.9 Å². The van der Waals surface area contributed by atoms with Gasteiger partial charge < -0.3 is 4.90 Å². The molecule has 0 aliphatic carbocycles. The highest BCUT2D eigenvalue weighted by atomic mass is 16.6. The van der Waals surface area contributed by atoms with E-state index in [0.29, 0.717) is 17.7 Å². The van der Waals surface area contributed by atoms with Gasteiger partial charge in [0.25, 0.3) is 11.6 Å². The zero-order valence-corrected chi connectivity index (χ0v) is 17.5. The summed E-state index contributed by atoms with van der Waals surface area (Å²) in [6, 6.07) is 14.0. The van der Waals surface area contributed by atoms with Gasteiger partial charge in [0.05, 0.1) is 21.9 Å². The molecular weight excluding hydrogens is 380 g/mol. The summed E-state index contributed by atoms with van der Waals surface area (Å²) >= 11 is 0. The van der Waals surface area contributed by atoms with Crippen LogP contribution in [0.15, 0.2) is 59.2 Å². The van der Waals surface area contributed by atoms with Crippen LogP contribution < -0.4 is 9.91 Å². The number of carbonyl (C=O) groups is 1. The van der Waals surface area contributed by atoms with E-state index in [1.165, 1.54) is 17.1 Å². The first kappa shape index (κ1) is 21.2. The van der Waals surface area contributed by atoms with Gasteiger partial charge >= 0.3 is 0 Å². The van der Waals surface area contributed by atoms with E-state index in [9.17, 15) is 14.9 Å². The third-order valence-corrected chi connectivity index (χ3v) is 5.08. The van der Waals surface area contributed by atoms with Crippen LogP contribution in [0.5, 0.6) is 0 Å². The number of anilines is 2. The first-order valence-electron chi connectivity index (χ1n) is 10.2. The summed E-state index contributed by atoms with van der Waals surface area (Å²) in [6.07, 6.45) is 3.41. The smallest absolute Gasteiger partial charge is 0.280 e. The summed E-state index contributed by atoms with van der Waals surface area (Å²) in [6.45, 7) is 8.16. The van der Waals surface area contributed by atoms with Crippen LogP contribution in [0.2, 0.25) is 0 Å². The number of nitrogens with zero attached hydrogens (tertiary/aromatic N) is 4. The van der Waals surface area contributed by atoms with Crippen molar-refractivity contribution < 1.29 is 9.72 Å². The van der Waals surface area contributed by atoms with E-state index < -0.39 is 4.92 Å². The number of rotatable bonds is 8. The van der Waals surface area contributed by atoms with Crippen molar-refractivity contribution in [2.45, 2.75) is 33.6 Å². The fourth-order valence-corrected chi connectivity index (χ4v) is 3.45. The number of carbonyl (C=O) groups excluding carboxylic acids is 1. The Kier molecular flexibility index (Phi) is 6.61. The van der Waals surface area contributed by atoms with Crippen molar-refractivity contribution in [1.29, 1.82) is 0 Å². The van der Waals surface area contributed by atoms with Crippen molar-refractivity contribution in [2.24, 2.45) is 5.10 Å². The van der Waals surface area contributed by atoms with E-state index in [1.807, 2.05) is 25.1 Å². The molecule has 7 heteroatoms. The van der Waals surface area contributed by atoms with Crippen molar-refractivity contribution in [3.05, 3.63) is 69.8 Å². The molecule has 1 heterocycles. The summed E-state index contributed by atoms with van der Waals surface area (Å²) in [5.74, 6) is -0.222. The topological polar surface area (TPSA) is 79.0 Å². The van der Waals surface area contributed by atoms with Crippen LogP contribution in [0.25, 0.3) is 6.08 Å². The van der Waals surface area contributed by atoms with Crippen molar-refractivity contribution in [3.63, 3.8) is 0 Å². The van der Waals surface area contributed by atoms with Gasteiger partial charge in [-0.25, -0.2) is 0 Å². The molecule has 2 aromatic carbocycles. The fraction of sp³-hybridized carbons (Fsp3) is 0.304. The summed E-state index contributed by atoms with van der Waals surface area (Å²) < 4.78 is 0. The zero-order chi connectivity index (χ0) is 21.7. The molecule has 0 aromatic heterocycles. The number of non-ortho nitro benzene ring substituents is 1. The Balaban J connectivity index is 1.89. The molecule has 0 radical (unpaired) electrons. The standard InChI is InChI=1S/C23H26N4O3/c1-4-7-22-21(16-17-8-10-18(11-9-17)25(5-2)6-3)23(28)26(24-22)19-12-14-20(15-13-19)27(29)30/h8-16H,4-7H2,1-3H3/b21-16-. The SMILES string of the molecule is CCCC1=NN(c2ccc([N+](=O)[O-])cc2)C(=O)/C1=C\c1ccc(N(CC)CC)cc1. The minimum Gasteiger partial charge on any atom is -0.372 e. The Morgan fingerprint density at radius 2 is 1.67 bits per heavy atom. The largest absolute Gasteiger partial charge is 0.372 e. The van der Waals surface area contributed by atoms with Crippen LogP contribution in [-0.4, -0.2) is 29.6 Å². The first-order valence-corrected chi connectivity index (χ1v) is 10.2. The number of hydrazone groups is 1. The molecule has 0 atom stereocenters. The number of benzene rings is 2. The maximum Gasteiger partial charge on any atom is 0.280 e. The highest BCUT2D eigenvalue weighted by Gasteiger charge is 2.30. The Hall–Kier alpha value is -3.48. The molecule has 0 bridgehead atoms. The lowest BCUT2D eigenvalue weighted by Gasteiger charge is -2.20. The highest BCUT2D eigenvalue weighted by Crippen LogP contribution is 2.28. The molecule has 0 saturated carbocycles. The molecule has 2 aromatic rings. The van der Waals surface area contributed by atoms with Crippen LogP contribution in [0.1, 0.15) is 39.2 Å². The van der Waals surface area contributed by atoms with E-state index in [1.54, 1.807) is 12.1 Å². The van der Waals surface area contributed by atoms with Crippen LogP contribution in [0.4, 0.5) is 17.1 Å². The molecule has 0 spiro atoms. The van der Waals surface area contributed by atoms with Gasteiger partial charge in [0, 0.05) is 30.9 Å². The lowest BCUT2D eigenvalue weighted by molar-refractivity contribution is -0.384. The molecule has 0 N–H and O–H groups in total. The fourth-order valence-electron chi connectivity index (χ4n) is 3.45. The Morgan fingerprint density at radius 3 is 2.20 bits per heavy atom. The molecule has 1 aliphatic heterocycles. The third-order valence-electron chi connectivity index (χ3n) is 5.08. The molecule has 3 rings (SSSR count). The van der Waals surface area contributed by atoms with Gasteiger partial charge in [-0.05, 0) is 56.2 Å². The van der Waals surface area contributed by atoms with Crippen molar-refractivity contribution in [2.75, 3.05) is 23.0 Å². The van der Waals surface area contributed by atoms with Gasteiger partial charge in [0.15, 0.2) is 0 Å². The van der Waals surface area contributed by atoms with E-state index >= 15 is 0 Å². The minimum absolute atomic E-state index is 0.0211. The summed E-state index contributed by atoms with van der Waals surface area (Å²) in [7, 11) is 0. The van der Waals surface area contributed by atoms with Crippen LogP contribution in [0.3, 0.4) is 0 Å². The second kappa shape index (κ2) is 9.35. The van der Waals surface area contributed by atoms with Crippen molar-refractivity contribution in [1.82, 2.24) is 0 Å². The molecule has 1 amide bonds. The van der Waals surface area contributed by atoms with E-state index in [4.69, 9.17) is 0 Å². The van der Waals surface area contributed by atoms with Gasteiger partial charge in [0.2, 0.25) is 0 Å². The van der Waals surface area contributed by atoms with Crippen LogP contribution in [0, 0.1) is 10.1 Å². The predicted octanol–water partition coefficient (Wildman–Crippen LogP) is 5.03. The Morgan fingerprint density at radius 1 is 1.03 bits per heavy atom. The first-order chi connectivity index (χ1) is 14.5. The number of amides is 1. The summed E-state index contributed by atoms with van der Waals surface area (Å²) in [5.41, 5.74) is 3.87. The van der Waals surface area contributed by atoms with E-state index in [-0.39, 0.29) is 11.6 Å². The molecular formula is C23H26N4O3. The second-order valence-corrected chi connectivity index (χ2v) is 7.01. The lowest BCUT2D eigenvalue weighted by atomic mass is 10.0. The van der Waals surface area contributed by atoms with Crippen molar-refractivity contribution in [3.8, 4) is 0 Å². The average molecular weight is 406 g/mol. The summed E-state index contributed by atoms with van der Waals surface area (Å²) in [4.78, 5) is 25.8. The van der Waals surface area contributed by atoms with Gasteiger partial charge in [-0.1, -0.05) is 25.5 Å². The molecule has 7 nitrogen and oxygen atoms in total. The normalized spacial score (nSPS) is 14.9. The molecule has 156 valence electrons. The second-order valence-electron chi connectivity index (χ2n) is 7.01. The monoisotopic (exact) mass is 406 g/mol. The number of hydrogen-bond donors (Lipinski definition) is 0. The van der Waals surface area contributed by atoms with Gasteiger partial charge in [-0.15, -0.1) is 0 Å². The minimum atomic E-state index is -0.464. The van der Waals surface area contributed by atoms with Gasteiger partial charge in [0.1, 0.15) is 0 Å². The molecule has 1 aliphatic rings. The Bertz CT molecular complexity index is 975. The molecule has 0 saturated heterocycles. The summed E-state index contributed by atoms with van der Waals surface area (Å²) in [5, 5.41) is 16.7. The van der Waals surface area contributed by atoms with Crippen molar-refractivity contribution >= 4 is 34.8 Å². The van der Waals surface area contributed by atoms with Crippen LogP contribution in [-0.2, 0) is 4.79 Å². The molecule has 30 heavy (non-hydrogen) atoms. The average Bonchev–Trinajstić information content (AvgIpc) is 3.06. The molecule has 0 fully saturated rings. The number of nitro groups is 1. The number of hydrogen-bond acceptors (Lipinski definition) is 5. The van der Waals surface area contributed by atoms with E-state index in [0.717, 1.165) is 36.5 Å². The third kappa shape index (κ3) is 4.40. The Labute approximate surface area is 176 Å². The maximum atomic E-state index is 13.1. The van der Waals surface area contributed by atoms with E-state index in [2.05, 4.69) is 36.0 Å². The van der Waals surface area contributed by atoms with Gasteiger partial charge in [-0.2, -0.15) is 10.1 Å². The van der Waals surface area contributed by atoms with Crippen LogP contribution >= 0.6 is 0 Å². The zero-order valence-electron chi connectivity index (χ0n) is 17.5.